The SMILES string of the molecule is CC(CC(=O)c1ccccc1)SCCO. The van der Waals surface area contributed by atoms with Crippen LogP contribution in [0.2, 0.25) is 0 Å². The Morgan fingerprint density at radius 3 is 2.67 bits per heavy atom. The second-order valence-electron chi connectivity index (χ2n) is 3.40. The third-order valence-corrected chi connectivity index (χ3v) is 3.22. The Labute approximate surface area is 94.7 Å². The summed E-state index contributed by atoms with van der Waals surface area (Å²) in [5.74, 6) is 0.872. The average Bonchev–Trinajstić information content (AvgIpc) is 2.27. The van der Waals surface area contributed by atoms with Gasteiger partial charge in [0.2, 0.25) is 0 Å². The highest BCUT2D eigenvalue weighted by molar-refractivity contribution is 7.99. The molecule has 0 aliphatic rings. The first-order valence-electron chi connectivity index (χ1n) is 5.04. The topological polar surface area (TPSA) is 37.3 Å². The molecule has 0 amide bonds. The number of aliphatic hydroxyl groups excluding tert-OH is 1. The minimum absolute atomic E-state index is 0.175. The maximum Gasteiger partial charge on any atom is 0.163 e. The van der Waals surface area contributed by atoms with Crippen molar-refractivity contribution in [1.29, 1.82) is 0 Å². The van der Waals surface area contributed by atoms with E-state index in [4.69, 9.17) is 5.11 Å². The van der Waals surface area contributed by atoms with E-state index >= 15 is 0 Å². The zero-order chi connectivity index (χ0) is 11.1. The lowest BCUT2D eigenvalue weighted by Crippen LogP contribution is -2.08. The molecule has 1 aromatic carbocycles. The molecule has 0 spiro atoms. The van der Waals surface area contributed by atoms with Crippen molar-refractivity contribution in [1.82, 2.24) is 0 Å². The van der Waals surface area contributed by atoms with Crippen LogP contribution in [-0.4, -0.2) is 28.5 Å². The summed E-state index contributed by atoms with van der Waals surface area (Å²) < 4.78 is 0. The van der Waals surface area contributed by atoms with Crippen LogP contribution in [0.25, 0.3) is 0 Å². The van der Waals surface area contributed by atoms with Crippen LogP contribution in [0.5, 0.6) is 0 Å². The zero-order valence-electron chi connectivity index (χ0n) is 8.85. The normalized spacial score (nSPS) is 12.4. The molecule has 1 N–H and O–H groups in total. The highest BCUT2D eigenvalue weighted by atomic mass is 32.2. The number of aliphatic hydroxyl groups is 1. The fourth-order valence-corrected chi connectivity index (χ4v) is 2.09. The molecule has 1 aromatic rings. The van der Waals surface area contributed by atoms with E-state index in [1.807, 2.05) is 37.3 Å². The highest BCUT2D eigenvalue weighted by Crippen LogP contribution is 2.16. The van der Waals surface area contributed by atoms with E-state index in [-0.39, 0.29) is 17.6 Å². The molecular formula is C12H16O2S. The molecule has 1 unspecified atom stereocenters. The lowest BCUT2D eigenvalue weighted by molar-refractivity contribution is 0.0983. The van der Waals surface area contributed by atoms with Crippen molar-refractivity contribution in [2.24, 2.45) is 0 Å². The number of hydrogen-bond donors (Lipinski definition) is 1. The van der Waals surface area contributed by atoms with Crippen LogP contribution in [-0.2, 0) is 0 Å². The van der Waals surface area contributed by atoms with Gasteiger partial charge in [-0.2, -0.15) is 11.8 Å². The van der Waals surface area contributed by atoms with E-state index in [2.05, 4.69) is 0 Å². The lowest BCUT2D eigenvalue weighted by atomic mass is 10.1. The molecular weight excluding hydrogens is 208 g/mol. The van der Waals surface area contributed by atoms with Crippen molar-refractivity contribution in [3.8, 4) is 0 Å². The standard InChI is InChI=1S/C12H16O2S/c1-10(15-8-7-13)9-12(14)11-5-3-2-4-6-11/h2-6,10,13H,7-9H2,1H3. The molecule has 0 aliphatic carbocycles. The number of benzene rings is 1. The number of ketones is 1. The summed E-state index contributed by atoms with van der Waals surface area (Å²) >= 11 is 1.63. The fourth-order valence-electron chi connectivity index (χ4n) is 1.32. The van der Waals surface area contributed by atoms with Crippen molar-refractivity contribution in [3.63, 3.8) is 0 Å². The lowest BCUT2D eigenvalue weighted by Gasteiger charge is -2.09. The number of thioether (sulfide) groups is 1. The summed E-state index contributed by atoms with van der Waals surface area (Å²) in [6.45, 7) is 2.19. The summed E-state index contributed by atoms with van der Waals surface area (Å²) in [5, 5.41) is 8.93. The second-order valence-corrected chi connectivity index (χ2v) is 4.94. The predicted molar refractivity (Wildman–Crippen MR) is 64.4 cm³/mol. The van der Waals surface area contributed by atoms with Gasteiger partial charge in [-0.15, -0.1) is 0 Å². The molecule has 3 heteroatoms. The van der Waals surface area contributed by atoms with Crippen molar-refractivity contribution in [3.05, 3.63) is 35.9 Å². The van der Waals surface area contributed by atoms with Crippen molar-refractivity contribution in [2.75, 3.05) is 12.4 Å². The second kappa shape index (κ2) is 6.64. The van der Waals surface area contributed by atoms with E-state index in [0.29, 0.717) is 12.2 Å². The molecule has 1 atom stereocenters. The van der Waals surface area contributed by atoms with Crippen LogP contribution in [0.15, 0.2) is 30.3 Å². The van der Waals surface area contributed by atoms with E-state index in [1.54, 1.807) is 11.8 Å². The van der Waals surface area contributed by atoms with Crippen LogP contribution < -0.4 is 0 Å². The van der Waals surface area contributed by atoms with Gasteiger partial charge in [0.15, 0.2) is 5.78 Å². The molecule has 15 heavy (non-hydrogen) atoms. The molecule has 0 radical (unpaired) electrons. The first-order valence-corrected chi connectivity index (χ1v) is 6.09. The summed E-state index contributed by atoms with van der Waals surface area (Å²) in [6, 6.07) is 9.33. The molecule has 1 rings (SSSR count). The molecule has 2 nitrogen and oxygen atoms in total. The van der Waals surface area contributed by atoms with Gasteiger partial charge in [-0.3, -0.25) is 4.79 Å². The number of carbonyl (C=O) groups excluding carboxylic acids is 1. The summed E-state index contributed by atoms with van der Waals surface area (Å²) in [4.78, 5) is 11.7. The van der Waals surface area contributed by atoms with Gasteiger partial charge in [0.1, 0.15) is 0 Å². The molecule has 82 valence electrons. The quantitative estimate of drug-likeness (QED) is 0.754. The molecule has 0 saturated carbocycles. The molecule has 0 aromatic heterocycles. The van der Waals surface area contributed by atoms with Crippen LogP contribution in [0.3, 0.4) is 0 Å². The van der Waals surface area contributed by atoms with Crippen LogP contribution in [0.1, 0.15) is 23.7 Å². The van der Waals surface area contributed by atoms with E-state index in [9.17, 15) is 4.79 Å². The average molecular weight is 224 g/mol. The maximum absolute atomic E-state index is 11.7. The van der Waals surface area contributed by atoms with Gasteiger partial charge in [-0.25, -0.2) is 0 Å². The first-order chi connectivity index (χ1) is 7.24. The van der Waals surface area contributed by atoms with E-state index in [0.717, 1.165) is 5.56 Å². The summed E-state index contributed by atoms with van der Waals surface area (Å²) in [6.07, 6.45) is 0.536. The van der Waals surface area contributed by atoms with Gasteiger partial charge in [0, 0.05) is 23.0 Å². The zero-order valence-corrected chi connectivity index (χ0v) is 9.67. The Bertz CT molecular complexity index is 298. The number of carbonyl (C=O) groups is 1. The molecule has 0 heterocycles. The van der Waals surface area contributed by atoms with Crippen molar-refractivity contribution >= 4 is 17.5 Å². The highest BCUT2D eigenvalue weighted by Gasteiger charge is 2.10. The van der Waals surface area contributed by atoms with Gasteiger partial charge in [0.25, 0.3) is 0 Å². The third-order valence-electron chi connectivity index (χ3n) is 2.06. The van der Waals surface area contributed by atoms with Crippen molar-refractivity contribution in [2.45, 2.75) is 18.6 Å². The minimum atomic E-state index is 0.175. The number of hydrogen-bond acceptors (Lipinski definition) is 3. The first kappa shape index (κ1) is 12.3. The van der Waals surface area contributed by atoms with E-state index in [1.165, 1.54) is 0 Å². The van der Waals surface area contributed by atoms with Crippen LogP contribution >= 0.6 is 11.8 Å². The van der Waals surface area contributed by atoms with Crippen LogP contribution in [0.4, 0.5) is 0 Å². The molecule has 0 aliphatic heterocycles. The largest absolute Gasteiger partial charge is 0.396 e. The molecule has 0 bridgehead atoms. The maximum atomic E-state index is 11.7. The third kappa shape index (κ3) is 4.49. The van der Waals surface area contributed by atoms with Gasteiger partial charge >= 0.3 is 0 Å². The molecule has 0 fully saturated rings. The van der Waals surface area contributed by atoms with Gasteiger partial charge in [-0.1, -0.05) is 37.3 Å². The van der Waals surface area contributed by atoms with Gasteiger partial charge in [0.05, 0.1) is 6.61 Å². The smallest absolute Gasteiger partial charge is 0.163 e. The molecule has 0 saturated heterocycles. The van der Waals surface area contributed by atoms with E-state index < -0.39 is 0 Å². The monoisotopic (exact) mass is 224 g/mol. The number of Topliss-reactive ketones (excluding diaryl/α,β-unsaturated/α-hetero) is 1. The summed E-state index contributed by atoms with van der Waals surface area (Å²) in [5.41, 5.74) is 0.772. The Hall–Kier alpha value is -0.800. The van der Waals surface area contributed by atoms with Crippen molar-refractivity contribution < 1.29 is 9.90 Å². The Kier molecular flexibility index (Phi) is 5.43. The number of rotatable bonds is 6. The van der Waals surface area contributed by atoms with Gasteiger partial charge in [-0.05, 0) is 0 Å². The van der Waals surface area contributed by atoms with Gasteiger partial charge < -0.3 is 5.11 Å². The Morgan fingerprint density at radius 2 is 2.07 bits per heavy atom. The fraction of sp³-hybridized carbons (Fsp3) is 0.417. The van der Waals surface area contributed by atoms with Crippen LogP contribution in [0, 0.1) is 0 Å². The predicted octanol–water partition coefficient (Wildman–Crippen LogP) is 2.37. The minimum Gasteiger partial charge on any atom is -0.396 e. The Morgan fingerprint density at radius 1 is 1.40 bits per heavy atom. The summed E-state index contributed by atoms with van der Waals surface area (Å²) in [7, 11) is 0. The Balaban J connectivity index is 2.42.